The van der Waals surface area contributed by atoms with Crippen molar-refractivity contribution in [3.63, 3.8) is 0 Å². The maximum absolute atomic E-state index is 12.2. The molecule has 3 rings (SSSR count). The highest BCUT2D eigenvalue weighted by Gasteiger charge is 2.30. The fraction of sp³-hybridized carbons (Fsp3) is 0.118. The number of thiophene rings is 1. The fourth-order valence-electron chi connectivity index (χ4n) is 2.17. The number of alkyl halides is 3. The van der Waals surface area contributed by atoms with Crippen LogP contribution in [0.3, 0.4) is 0 Å². The zero-order chi connectivity index (χ0) is 17.2. The fourth-order valence-corrected chi connectivity index (χ4v) is 3.15. The van der Waals surface area contributed by atoms with Gasteiger partial charge in [0.05, 0.1) is 4.88 Å². The third kappa shape index (κ3) is 4.05. The topological polar surface area (TPSA) is 38.3 Å². The molecule has 3 nitrogen and oxygen atoms in total. The smallest absolute Gasteiger partial charge is 0.406 e. The minimum absolute atomic E-state index is 0.216. The maximum Gasteiger partial charge on any atom is 0.573 e. The number of hydrogen-bond donors (Lipinski definition) is 1. The quantitative estimate of drug-likeness (QED) is 0.738. The van der Waals surface area contributed by atoms with E-state index in [2.05, 4.69) is 10.1 Å². The number of carbonyl (C=O) groups is 1. The molecule has 0 fully saturated rings. The first-order chi connectivity index (χ1) is 11.4. The Kier molecular flexibility index (Phi) is 4.44. The monoisotopic (exact) mass is 351 g/mol. The summed E-state index contributed by atoms with van der Waals surface area (Å²) in [5.74, 6) is -0.506. The molecular formula is C17H12F3NO2S. The van der Waals surface area contributed by atoms with Crippen molar-refractivity contribution in [2.45, 2.75) is 12.9 Å². The van der Waals surface area contributed by atoms with E-state index in [9.17, 15) is 18.0 Å². The molecule has 0 bridgehead atoms. The Morgan fingerprint density at radius 2 is 1.79 bits per heavy atom. The summed E-state index contributed by atoms with van der Waals surface area (Å²) in [7, 11) is 0. The van der Waals surface area contributed by atoms with E-state index in [-0.39, 0.29) is 18.2 Å². The van der Waals surface area contributed by atoms with Gasteiger partial charge in [-0.05, 0) is 35.2 Å². The van der Waals surface area contributed by atoms with Crippen LogP contribution in [0, 0.1) is 0 Å². The Balaban J connectivity index is 1.61. The molecule has 3 aromatic rings. The van der Waals surface area contributed by atoms with Crippen LogP contribution in [0.5, 0.6) is 5.75 Å². The van der Waals surface area contributed by atoms with Crippen molar-refractivity contribution >= 4 is 27.3 Å². The van der Waals surface area contributed by atoms with Crippen LogP contribution in [0.15, 0.2) is 54.6 Å². The van der Waals surface area contributed by atoms with E-state index in [1.165, 1.54) is 35.6 Å². The van der Waals surface area contributed by atoms with E-state index in [0.29, 0.717) is 10.4 Å². The molecule has 1 heterocycles. The second-order valence-electron chi connectivity index (χ2n) is 5.02. The third-order valence-electron chi connectivity index (χ3n) is 3.26. The molecule has 0 radical (unpaired) electrons. The lowest BCUT2D eigenvalue weighted by molar-refractivity contribution is -0.274. The number of nitrogens with one attached hydrogen (secondary N) is 1. The van der Waals surface area contributed by atoms with Gasteiger partial charge >= 0.3 is 6.36 Å². The first-order valence-corrected chi connectivity index (χ1v) is 7.84. The van der Waals surface area contributed by atoms with Crippen molar-refractivity contribution in [2.24, 2.45) is 0 Å². The average Bonchev–Trinajstić information content (AvgIpc) is 2.96. The van der Waals surface area contributed by atoms with Gasteiger partial charge in [-0.2, -0.15) is 0 Å². The highest BCUT2D eigenvalue weighted by atomic mass is 32.1. The predicted octanol–water partition coefficient (Wildman–Crippen LogP) is 4.73. The number of carbonyl (C=O) groups excluding carboxylic acids is 1. The first-order valence-electron chi connectivity index (χ1n) is 7.02. The van der Waals surface area contributed by atoms with E-state index < -0.39 is 6.36 Å². The predicted molar refractivity (Wildman–Crippen MR) is 86.1 cm³/mol. The number of ether oxygens (including phenoxy) is 1. The number of rotatable bonds is 4. The summed E-state index contributed by atoms with van der Waals surface area (Å²) in [6.07, 6.45) is -4.71. The number of halogens is 3. The van der Waals surface area contributed by atoms with Crippen LogP contribution in [0.1, 0.15) is 15.2 Å². The van der Waals surface area contributed by atoms with Crippen LogP contribution < -0.4 is 10.1 Å². The molecule has 0 atom stereocenters. The van der Waals surface area contributed by atoms with Gasteiger partial charge in [-0.25, -0.2) is 0 Å². The Bertz CT molecular complexity index is 823. The Morgan fingerprint density at radius 1 is 1.08 bits per heavy atom. The van der Waals surface area contributed by atoms with Gasteiger partial charge in [-0.15, -0.1) is 24.5 Å². The summed E-state index contributed by atoms with van der Waals surface area (Å²) in [5.41, 5.74) is 0.680. The van der Waals surface area contributed by atoms with Crippen LogP contribution in [0.2, 0.25) is 0 Å². The van der Waals surface area contributed by atoms with E-state index in [0.717, 1.165) is 10.1 Å². The van der Waals surface area contributed by atoms with Crippen molar-refractivity contribution in [2.75, 3.05) is 0 Å². The average molecular weight is 351 g/mol. The Labute approximate surface area is 139 Å². The molecule has 1 aromatic heterocycles. The van der Waals surface area contributed by atoms with Gasteiger partial charge in [0.2, 0.25) is 0 Å². The van der Waals surface area contributed by atoms with E-state index in [1.54, 1.807) is 0 Å². The molecule has 1 N–H and O–H groups in total. The molecule has 0 spiro atoms. The molecule has 0 aliphatic carbocycles. The van der Waals surface area contributed by atoms with Crippen molar-refractivity contribution in [3.05, 3.63) is 65.0 Å². The number of amides is 1. The molecule has 1 amide bonds. The second kappa shape index (κ2) is 6.52. The number of benzene rings is 2. The van der Waals surface area contributed by atoms with E-state index in [4.69, 9.17) is 0 Å². The van der Waals surface area contributed by atoms with Gasteiger partial charge in [0.25, 0.3) is 5.91 Å². The molecule has 0 saturated carbocycles. The van der Waals surface area contributed by atoms with Gasteiger partial charge in [0.1, 0.15) is 5.75 Å². The van der Waals surface area contributed by atoms with E-state index in [1.807, 2.05) is 30.3 Å². The lowest BCUT2D eigenvalue weighted by Crippen LogP contribution is -2.21. The molecule has 0 aliphatic heterocycles. The van der Waals surface area contributed by atoms with E-state index >= 15 is 0 Å². The van der Waals surface area contributed by atoms with Gasteiger partial charge < -0.3 is 10.1 Å². The van der Waals surface area contributed by atoms with Crippen molar-refractivity contribution in [3.8, 4) is 5.75 Å². The van der Waals surface area contributed by atoms with Crippen molar-refractivity contribution in [1.82, 2.24) is 5.32 Å². The highest BCUT2D eigenvalue weighted by Crippen LogP contribution is 2.25. The lowest BCUT2D eigenvalue weighted by atomic mass is 10.2. The van der Waals surface area contributed by atoms with Crippen LogP contribution in [-0.4, -0.2) is 12.3 Å². The van der Waals surface area contributed by atoms with Crippen LogP contribution >= 0.6 is 11.3 Å². The summed E-state index contributed by atoms with van der Waals surface area (Å²) in [4.78, 5) is 12.8. The third-order valence-corrected chi connectivity index (χ3v) is 4.37. The van der Waals surface area contributed by atoms with Crippen LogP contribution in [-0.2, 0) is 6.54 Å². The number of hydrogen-bond acceptors (Lipinski definition) is 3. The van der Waals surface area contributed by atoms with Gasteiger partial charge in [-0.3, -0.25) is 4.79 Å². The summed E-state index contributed by atoms with van der Waals surface area (Å²) in [6.45, 7) is 0.222. The Hall–Kier alpha value is -2.54. The number of fused-ring (bicyclic) bond motifs is 1. The maximum atomic E-state index is 12.2. The van der Waals surface area contributed by atoms with Crippen molar-refractivity contribution in [1.29, 1.82) is 0 Å². The Morgan fingerprint density at radius 3 is 2.46 bits per heavy atom. The largest absolute Gasteiger partial charge is 0.573 e. The zero-order valence-electron chi connectivity index (χ0n) is 12.3. The lowest BCUT2D eigenvalue weighted by Gasteiger charge is -2.09. The molecule has 24 heavy (non-hydrogen) atoms. The molecule has 0 unspecified atom stereocenters. The van der Waals surface area contributed by atoms with Crippen molar-refractivity contribution < 1.29 is 22.7 Å². The van der Waals surface area contributed by atoms with Gasteiger partial charge in [-0.1, -0.05) is 30.3 Å². The second-order valence-corrected chi connectivity index (χ2v) is 6.11. The van der Waals surface area contributed by atoms with Crippen LogP contribution in [0.25, 0.3) is 10.1 Å². The van der Waals surface area contributed by atoms with Crippen LogP contribution in [0.4, 0.5) is 13.2 Å². The molecule has 2 aromatic carbocycles. The minimum Gasteiger partial charge on any atom is -0.406 e. The van der Waals surface area contributed by atoms with Gasteiger partial charge in [0, 0.05) is 11.2 Å². The standard InChI is InChI=1S/C17H12F3NO2S/c18-17(19,20)23-13-7-5-11(6-8-13)10-21-16(22)15-9-12-3-1-2-4-14(12)24-15/h1-9H,10H2,(H,21,22). The summed E-state index contributed by atoms with van der Waals surface area (Å²) in [5, 5.41) is 3.75. The minimum atomic E-state index is -4.71. The molecular weight excluding hydrogens is 339 g/mol. The summed E-state index contributed by atoms with van der Waals surface area (Å²) < 4.78 is 41.1. The zero-order valence-corrected chi connectivity index (χ0v) is 13.1. The summed E-state index contributed by atoms with van der Waals surface area (Å²) in [6, 6.07) is 14.9. The molecule has 124 valence electrons. The molecule has 0 aliphatic rings. The summed E-state index contributed by atoms with van der Waals surface area (Å²) >= 11 is 1.39. The SMILES string of the molecule is O=C(NCc1ccc(OC(F)(F)F)cc1)c1cc2ccccc2s1. The van der Waals surface area contributed by atoms with Gasteiger partial charge in [0.15, 0.2) is 0 Å². The molecule has 7 heteroatoms. The highest BCUT2D eigenvalue weighted by molar-refractivity contribution is 7.20. The first kappa shape index (κ1) is 16.3. The normalized spacial score (nSPS) is 11.5. The molecule has 0 saturated heterocycles.